The first-order chi connectivity index (χ1) is 7.54. The van der Waals surface area contributed by atoms with Crippen LogP contribution in [0.2, 0.25) is 0 Å². The van der Waals surface area contributed by atoms with Crippen molar-refractivity contribution in [2.75, 3.05) is 13.1 Å². The second-order valence-corrected chi connectivity index (χ2v) is 7.06. The molecule has 0 aromatic heterocycles. The van der Waals surface area contributed by atoms with Crippen LogP contribution in [0.3, 0.4) is 0 Å². The Morgan fingerprint density at radius 3 is 1.94 bits per heavy atom. The third kappa shape index (κ3) is 3.88. The van der Waals surface area contributed by atoms with E-state index in [9.17, 15) is 4.79 Å². The average Bonchev–Trinajstić information content (AvgIpc) is 2.10. The van der Waals surface area contributed by atoms with Crippen molar-refractivity contribution in [1.82, 2.24) is 4.90 Å². The van der Waals surface area contributed by atoms with Gasteiger partial charge < -0.3 is 9.64 Å². The fourth-order valence-corrected chi connectivity index (χ4v) is 2.58. The van der Waals surface area contributed by atoms with Crippen LogP contribution in [0.1, 0.15) is 41.5 Å². The van der Waals surface area contributed by atoms with E-state index in [2.05, 4.69) is 12.6 Å². The zero-order valence-electron chi connectivity index (χ0n) is 11.8. The number of thiol groups is 1. The van der Waals surface area contributed by atoms with Gasteiger partial charge in [0.05, 0.1) is 16.5 Å². The molecule has 3 nitrogen and oxygen atoms in total. The Kier molecular flexibility index (Phi) is 4.20. The predicted octanol–water partition coefficient (Wildman–Crippen LogP) is 2.36. The molecule has 0 aliphatic carbocycles. The smallest absolute Gasteiger partial charge is 0.235 e. The number of hydrogen-bond donors (Lipinski definition) is 1. The highest BCUT2D eigenvalue weighted by Gasteiger charge is 2.41. The molecule has 1 saturated heterocycles. The third-order valence-corrected chi connectivity index (χ3v) is 3.71. The van der Waals surface area contributed by atoms with Crippen LogP contribution in [-0.4, -0.2) is 40.3 Å². The molecule has 1 aliphatic rings. The van der Waals surface area contributed by atoms with E-state index < -0.39 is 0 Å². The van der Waals surface area contributed by atoms with E-state index in [1.165, 1.54) is 0 Å². The van der Waals surface area contributed by atoms with E-state index in [0.29, 0.717) is 13.1 Å². The molecular weight excluding hydrogens is 234 g/mol. The fourth-order valence-electron chi connectivity index (χ4n) is 2.42. The van der Waals surface area contributed by atoms with Crippen LogP contribution in [0.4, 0.5) is 0 Å². The van der Waals surface area contributed by atoms with Crippen molar-refractivity contribution in [2.45, 2.75) is 58.0 Å². The Hall–Kier alpha value is -0.220. The van der Waals surface area contributed by atoms with E-state index in [0.717, 1.165) is 0 Å². The highest BCUT2D eigenvalue weighted by atomic mass is 32.1. The largest absolute Gasteiger partial charge is 0.366 e. The molecule has 0 bridgehead atoms. The van der Waals surface area contributed by atoms with Gasteiger partial charge in [-0.1, -0.05) is 13.8 Å². The molecule has 0 spiro atoms. The number of ether oxygens (including phenoxy) is 1. The van der Waals surface area contributed by atoms with Gasteiger partial charge in [-0.3, -0.25) is 4.79 Å². The van der Waals surface area contributed by atoms with E-state index in [1.807, 2.05) is 46.4 Å². The molecule has 0 aromatic carbocycles. The number of amides is 1. The van der Waals surface area contributed by atoms with E-state index in [4.69, 9.17) is 4.74 Å². The summed E-state index contributed by atoms with van der Waals surface area (Å²) in [6, 6.07) is 0. The van der Waals surface area contributed by atoms with Crippen LogP contribution >= 0.6 is 12.6 Å². The van der Waals surface area contributed by atoms with Gasteiger partial charge in [0.15, 0.2) is 0 Å². The van der Waals surface area contributed by atoms with Crippen molar-refractivity contribution in [3.05, 3.63) is 0 Å². The van der Waals surface area contributed by atoms with Crippen molar-refractivity contribution in [1.29, 1.82) is 0 Å². The lowest BCUT2D eigenvalue weighted by molar-refractivity contribution is -0.188. The van der Waals surface area contributed by atoms with Gasteiger partial charge in [-0.05, 0) is 33.6 Å². The van der Waals surface area contributed by atoms with Crippen molar-refractivity contribution < 1.29 is 9.53 Å². The van der Waals surface area contributed by atoms with Crippen LogP contribution in [0.15, 0.2) is 0 Å². The SMILES string of the molecule is CC(C)C(S)C(=O)N1CC(C)(C)OC(C)(C)C1. The lowest BCUT2D eigenvalue weighted by Gasteiger charge is -2.47. The van der Waals surface area contributed by atoms with Crippen molar-refractivity contribution in [3.63, 3.8) is 0 Å². The summed E-state index contributed by atoms with van der Waals surface area (Å²) in [5.74, 6) is 0.368. The van der Waals surface area contributed by atoms with E-state index in [1.54, 1.807) is 0 Å². The van der Waals surface area contributed by atoms with Crippen LogP contribution in [0.25, 0.3) is 0 Å². The number of hydrogen-bond acceptors (Lipinski definition) is 3. The number of morpholine rings is 1. The Balaban J connectivity index is 2.81. The summed E-state index contributed by atoms with van der Waals surface area (Å²) in [4.78, 5) is 14.2. The molecule has 1 fully saturated rings. The molecule has 1 aliphatic heterocycles. The molecule has 1 amide bonds. The molecule has 1 rings (SSSR count). The summed E-state index contributed by atoms with van der Waals surface area (Å²) in [5.41, 5.74) is -0.580. The Labute approximate surface area is 110 Å². The Morgan fingerprint density at radius 2 is 1.59 bits per heavy atom. The van der Waals surface area contributed by atoms with Crippen LogP contribution in [0, 0.1) is 5.92 Å². The maximum atomic E-state index is 12.3. The lowest BCUT2D eigenvalue weighted by atomic mass is 9.97. The number of carbonyl (C=O) groups is 1. The van der Waals surface area contributed by atoms with Crippen molar-refractivity contribution in [3.8, 4) is 0 Å². The Bertz CT molecular complexity index is 284. The second kappa shape index (κ2) is 4.81. The van der Waals surface area contributed by atoms with Crippen LogP contribution in [0.5, 0.6) is 0 Å². The first-order valence-electron chi connectivity index (χ1n) is 6.21. The summed E-state index contributed by atoms with van der Waals surface area (Å²) >= 11 is 4.41. The zero-order chi connectivity index (χ0) is 13.4. The monoisotopic (exact) mass is 259 g/mol. The second-order valence-electron chi connectivity index (χ2n) is 6.50. The minimum atomic E-state index is -0.290. The summed E-state index contributed by atoms with van der Waals surface area (Å²) in [6.07, 6.45) is 0. The van der Waals surface area contributed by atoms with Gasteiger partial charge in [0.25, 0.3) is 0 Å². The standard InChI is InChI=1S/C13H25NO2S/c1-9(2)10(17)11(15)14-7-12(3,4)16-13(5,6)8-14/h9-10,17H,7-8H2,1-6H3. The molecule has 100 valence electrons. The van der Waals surface area contributed by atoms with Gasteiger partial charge in [0.1, 0.15) is 0 Å². The quantitative estimate of drug-likeness (QED) is 0.772. The molecule has 1 atom stereocenters. The maximum Gasteiger partial charge on any atom is 0.235 e. The van der Waals surface area contributed by atoms with Gasteiger partial charge in [-0.25, -0.2) is 0 Å². The van der Waals surface area contributed by atoms with Crippen molar-refractivity contribution >= 4 is 18.5 Å². The molecule has 17 heavy (non-hydrogen) atoms. The first kappa shape index (κ1) is 14.8. The minimum Gasteiger partial charge on any atom is -0.366 e. The predicted molar refractivity (Wildman–Crippen MR) is 73.4 cm³/mol. The number of nitrogens with zero attached hydrogens (tertiary/aromatic N) is 1. The van der Waals surface area contributed by atoms with E-state index in [-0.39, 0.29) is 28.3 Å². The molecule has 0 aromatic rings. The zero-order valence-corrected chi connectivity index (χ0v) is 12.7. The molecule has 4 heteroatoms. The molecule has 0 N–H and O–H groups in total. The summed E-state index contributed by atoms with van der Waals surface area (Å²) in [6.45, 7) is 13.4. The molecule has 1 heterocycles. The first-order valence-corrected chi connectivity index (χ1v) is 6.73. The van der Waals surface area contributed by atoms with E-state index >= 15 is 0 Å². The highest BCUT2D eigenvalue weighted by molar-refractivity contribution is 7.81. The topological polar surface area (TPSA) is 29.5 Å². The van der Waals surface area contributed by atoms with Crippen LogP contribution in [-0.2, 0) is 9.53 Å². The summed E-state index contributed by atoms with van der Waals surface area (Å²) in [5, 5.41) is -0.223. The van der Waals surface area contributed by atoms with Gasteiger partial charge >= 0.3 is 0 Å². The fraction of sp³-hybridized carbons (Fsp3) is 0.923. The average molecular weight is 259 g/mol. The summed E-state index contributed by atoms with van der Waals surface area (Å²) < 4.78 is 5.96. The normalized spacial score (nSPS) is 24.8. The lowest BCUT2D eigenvalue weighted by Crippen LogP contribution is -2.60. The number of carbonyl (C=O) groups excluding carboxylic acids is 1. The molecular formula is C13H25NO2S. The highest BCUT2D eigenvalue weighted by Crippen LogP contribution is 2.29. The number of rotatable bonds is 2. The maximum absolute atomic E-state index is 12.3. The van der Waals surface area contributed by atoms with Gasteiger partial charge in [0.2, 0.25) is 5.91 Å². The minimum absolute atomic E-state index is 0.118. The van der Waals surface area contributed by atoms with Gasteiger partial charge in [0, 0.05) is 13.1 Å². The molecule has 0 radical (unpaired) electrons. The molecule has 1 unspecified atom stereocenters. The van der Waals surface area contributed by atoms with Gasteiger partial charge in [-0.2, -0.15) is 12.6 Å². The molecule has 0 saturated carbocycles. The third-order valence-electron chi connectivity index (χ3n) is 2.89. The van der Waals surface area contributed by atoms with Crippen LogP contribution < -0.4 is 0 Å². The Morgan fingerprint density at radius 1 is 1.18 bits per heavy atom. The van der Waals surface area contributed by atoms with Crippen molar-refractivity contribution in [2.24, 2.45) is 5.92 Å². The summed E-state index contributed by atoms with van der Waals surface area (Å²) in [7, 11) is 0. The van der Waals surface area contributed by atoms with Gasteiger partial charge in [-0.15, -0.1) is 0 Å².